The lowest BCUT2D eigenvalue weighted by atomic mass is 9.90. The summed E-state index contributed by atoms with van der Waals surface area (Å²) in [7, 11) is 2.62. The quantitative estimate of drug-likeness (QED) is 0.125. The Morgan fingerprint density at radius 3 is 1.73 bits per heavy atom. The van der Waals surface area contributed by atoms with Gasteiger partial charge >= 0.3 is 12.2 Å². The van der Waals surface area contributed by atoms with Crippen molar-refractivity contribution in [3.8, 4) is 11.1 Å². The van der Waals surface area contributed by atoms with Crippen LogP contribution < -0.4 is 10.6 Å². The second kappa shape index (κ2) is 17.6. The summed E-state index contributed by atoms with van der Waals surface area (Å²) in [6, 6.07) is 14.6. The van der Waals surface area contributed by atoms with Gasteiger partial charge in [-0.1, -0.05) is 24.3 Å². The van der Waals surface area contributed by atoms with Crippen molar-refractivity contribution in [2.45, 2.75) is 101 Å². The first-order valence-corrected chi connectivity index (χ1v) is 22.0. The van der Waals surface area contributed by atoms with Crippen molar-refractivity contribution >= 4 is 56.8 Å². The van der Waals surface area contributed by atoms with Crippen molar-refractivity contribution in [2.75, 3.05) is 40.6 Å². The normalized spacial score (nSPS) is 23.5. The van der Waals surface area contributed by atoms with Crippen molar-refractivity contribution in [3.63, 3.8) is 0 Å². The van der Waals surface area contributed by atoms with Crippen LogP contribution in [0.2, 0.25) is 0 Å². The first-order valence-electron chi connectivity index (χ1n) is 22.0. The van der Waals surface area contributed by atoms with Gasteiger partial charge in [-0.25, -0.2) is 19.6 Å². The molecule has 16 nitrogen and oxygen atoms in total. The zero-order chi connectivity index (χ0) is 43.1. The molecule has 5 aromatic rings. The first kappa shape index (κ1) is 41.6. The third kappa shape index (κ3) is 7.94. The van der Waals surface area contributed by atoms with Gasteiger partial charge < -0.3 is 49.3 Å². The van der Waals surface area contributed by atoms with Crippen molar-refractivity contribution in [2.24, 2.45) is 11.8 Å². The van der Waals surface area contributed by atoms with Gasteiger partial charge in [-0.05, 0) is 118 Å². The second-order valence-corrected chi connectivity index (χ2v) is 17.4. The summed E-state index contributed by atoms with van der Waals surface area (Å²) < 4.78 is 21.0. The van der Waals surface area contributed by atoms with Gasteiger partial charge in [-0.3, -0.25) is 9.59 Å². The minimum absolute atomic E-state index is 0.0271. The summed E-state index contributed by atoms with van der Waals surface area (Å²) in [5.74, 6) is 1.11. The Kier molecular flexibility index (Phi) is 11.8. The molecule has 3 aromatic carbocycles. The maximum Gasteiger partial charge on any atom is 0.407 e. The number of fused-ring (bicyclic) bond motifs is 4. The molecule has 6 atom stereocenters. The number of hydrogen-bond donors (Lipinski definition) is 4. The molecule has 0 radical (unpaired) electrons. The highest BCUT2D eigenvalue weighted by molar-refractivity contribution is 6.05. The summed E-state index contributed by atoms with van der Waals surface area (Å²) in [6.45, 7) is 6.30. The standard InChI is InChI=1S/C46H56N8O8/c1-25-5-13-36(53(25)43(55)38(51-45(57)59-3)27-15-19-61-20-16-27)41-47-33-11-8-30(24-35(33)49-41)29-7-10-32-31(23-29)9-12-34-40(32)50-42(48-34)37-14-6-26(2)54(37)44(56)39(52-46(58)60-4)28-17-21-62-22-18-28/h7-12,23-28,36-39H,5-6,13-22H2,1-4H3,(H,47,49)(H,48,50)(H,51,57)(H,52,58)/t25-,26-,36-,37-,38-,39-/m0/s1. The second-order valence-electron chi connectivity index (χ2n) is 17.4. The first-order chi connectivity index (χ1) is 30.1. The number of methoxy groups -OCH3 is 2. The van der Waals surface area contributed by atoms with Gasteiger partial charge in [-0.2, -0.15) is 0 Å². The molecule has 16 heteroatoms. The molecule has 0 saturated carbocycles. The van der Waals surface area contributed by atoms with E-state index in [9.17, 15) is 19.2 Å². The number of imidazole rings is 2. The van der Waals surface area contributed by atoms with E-state index in [4.69, 9.17) is 28.9 Å². The molecule has 6 heterocycles. The number of ether oxygens (including phenoxy) is 4. The molecule has 4 saturated heterocycles. The fourth-order valence-corrected chi connectivity index (χ4v) is 10.3. The Morgan fingerprint density at radius 2 is 1.16 bits per heavy atom. The SMILES string of the molecule is COC(=O)N[C@H](C(=O)N1[C@@H](C)CC[C@H]1c1nc2ccc(-c3ccc4c(ccc5[nH]c([C@@H]6CC[C@H](C)N6C(=O)[C@@H](NC(=O)OC)C6CCOCC6)nc54)c3)cc2[nH]1)C1CCOCC1. The molecule has 0 spiro atoms. The van der Waals surface area contributed by atoms with Gasteiger partial charge in [0.1, 0.15) is 23.7 Å². The van der Waals surface area contributed by atoms with E-state index >= 15 is 0 Å². The lowest BCUT2D eigenvalue weighted by Gasteiger charge is -2.36. The number of H-pyrrole nitrogens is 2. The number of rotatable bonds is 9. The number of aromatic nitrogens is 4. The molecular weight excluding hydrogens is 793 g/mol. The van der Waals surface area contributed by atoms with Crippen molar-refractivity contribution < 1.29 is 38.1 Å². The van der Waals surface area contributed by atoms with Gasteiger partial charge in [0.05, 0.1) is 48.4 Å². The van der Waals surface area contributed by atoms with Crippen LogP contribution in [0.15, 0.2) is 48.5 Å². The molecule has 0 aliphatic carbocycles. The largest absolute Gasteiger partial charge is 0.453 e. The zero-order valence-electron chi connectivity index (χ0n) is 35.8. The molecular formula is C46H56N8O8. The van der Waals surface area contributed by atoms with Crippen LogP contribution in [-0.2, 0) is 28.5 Å². The maximum absolute atomic E-state index is 14.3. The number of carbonyl (C=O) groups is 4. The van der Waals surface area contributed by atoms with Crippen molar-refractivity contribution in [1.82, 2.24) is 40.4 Å². The van der Waals surface area contributed by atoms with Crippen molar-refractivity contribution in [3.05, 3.63) is 60.2 Å². The minimum atomic E-state index is -0.715. The minimum Gasteiger partial charge on any atom is -0.453 e. The lowest BCUT2D eigenvalue weighted by molar-refractivity contribution is -0.139. The Balaban J connectivity index is 0.963. The van der Waals surface area contributed by atoms with E-state index in [1.54, 1.807) is 0 Å². The lowest BCUT2D eigenvalue weighted by Crippen LogP contribution is -2.54. The van der Waals surface area contributed by atoms with E-state index in [0.717, 1.165) is 81.3 Å². The number of likely N-dealkylation sites (tertiary alicyclic amines) is 2. The van der Waals surface area contributed by atoms with E-state index in [1.165, 1.54) is 14.2 Å². The van der Waals surface area contributed by atoms with Crippen LogP contribution in [0.5, 0.6) is 0 Å². The number of carbonyl (C=O) groups excluding carboxylic acids is 4. The fourth-order valence-electron chi connectivity index (χ4n) is 10.3. The molecule has 4 aliphatic heterocycles. The summed E-state index contributed by atoms with van der Waals surface area (Å²) >= 11 is 0. The average molecular weight is 849 g/mol. The Bertz CT molecular complexity index is 2470. The molecule has 2 aromatic heterocycles. The number of aromatic amines is 2. The maximum atomic E-state index is 14.3. The van der Waals surface area contributed by atoms with Crippen LogP contribution in [0.3, 0.4) is 0 Å². The van der Waals surface area contributed by atoms with Crippen LogP contribution in [0.25, 0.3) is 44.0 Å². The molecule has 4 aliphatic rings. The fraction of sp³-hybridized carbons (Fsp3) is 0.522. The van der Waals surface area contributed by atoms with Crippen LogP contribution >= 0.6 is 0 Å². The number of alkyl carbamates (subject to hydrolysis) is 2. The van der Waals surface area contributed by atoms with Crippen LogP contribution in [0, 0.1) is 11.8 Å². The predicted octanol–water partition coefficient (Wildman–Crippen LogP) is 6.67. The summed E-state index contributed by atoms with van der Waals surface area (Å²) in [5.41, 5.74) is 5.45. The smallest absolute Gasteiger partial charge is 0.407 e. The molecule has 4 N–H and O–H groups in total. The molecule has 0 unspecified atom stereocenters. The third-order valence-electron chi connectivity index (χ3n) is 13.7. The summed E-state index contributed by atoms with van der Waals surface area (Å²) in [4.78, 5) is 74.5. The van der Waals surface area contributed by atoms with E-state index < -0.39 is 24.3 Å². The van der Waals surface area contributed by atoms with Crippen LogP contribution in [-0.4, -0.2) is 119 Å². The van der Waals surface area contributed by atoms with E-state index in [-0.39, 0.29) is 47.8 Å². The van der Waals surface area contributed by atoms with E-state index in [2.05, 4.69) is 70.8 Å². The van der Waals surface area contributed by atoms with E-state index in [0.29, 0.717) is 52.1 Å². The predicted molar refractivity (Wildman–Crippen MR) is 231 cm³/mol. The van der Waals surface area contributed by atoms with Gasteiger partial charge in [0, 0.05) is 43.9 Å². The van der Waals surface area contributed by atoms with Crippen LogP contribution in [0.4, 0.5) is 9.59 Å². The summed E-state index contributed by atoms with van der Waals surface area (Å²) in [6.07, 6.45) is 4.63. The van der Waals surface area contributed by atoms with Gasteiger partial charge in [0.25, 0.3) is 0 Å². The Morgan fingerprint density at radius 1 is 0.645 bits per heavy atom. The van der Waals surface area contributed by atoms with E-state index in [1.807, 2.05) is 21.9 Å². The monoisotopic (exact) mass is 848 g/mol. The molecule has 9 rings (SSSR count). The van der Waals surface area contributed by atoms with Crippen molar-refractivity contribution in [1.29, 1.82) is 0 Å². The molecule has 0 bridgehead atoms. The molecule has 328 valence electrons. The van der Waals surface area contributed by atoms with Gasteiger partial charge in [0.15, 0.2) is 0 Å². The Labute approximate surface area is 359 Å². The van der Waals surface area contributed by atoms with Gasteiger partial charge in [-0.15, -0.1) is 0 Å². The number of nitrogens with one attached hydrogen (secondary N) is 4. The highest BCUT2D eigenvalue weighted by Gasteiger charge is 2.45. The third-order valence-corrected chi connectivity index (χ3v) is 13.7. The highest BCUT2D eigenvalue weighted by atomic mass is 16.5. The number of hydrogen-bond acceptors (Lipinski definition) is 10. The zero-order valence-corrected chi connectivity index (χ0v) is 35.8. The van der Waals surface area contributed by atoms with Crippen LogP contribution in [0.1, 0.15) is 88.9 Å². The number of amides is 4. The number of nitrogens with zero attached hydrogens (tertiary/aromatic N) is 4. The Hall–Kier alpha value is -5.74. The molecule has 62 heavy (non-hydrogen) atoms. The highest BCUT2D eigenvalue weighted by Crippen LogP contribution is 2.40. The number of benzene rings is 3. The van der Waals surface area contributed by atoms with Gasteiger partial charge in [0.2, 0.25) is 11.8 Å². The molecule has 4 amide bonds. The molecule has 4 fully saturated rings. The average Bonchev–Trinajstić information content (AvgIpc) is 4.11. The summed E-state index contributed by atoms with van der Waals surface area (Å²) in [5, 5.41) is 7.72. The topological polar surface area (TPSA) is 193 Å².